The summed E-state index contributed by atoms with van der Waals surface area (Å²) in [6.45, 7) is 0. The monoisotopic (exact) mass is 253 g/mol. The van der Waals surface area contributed by atoms with Gasteiger partial charge in [-0.3, -0.25) is 9.78 Å². The highest BCUT2D eigenvalue weighted by Gasteiger charge is 2.10. The summed E-state index contributed by atoms with van der Waals surface area (Å²) in [4.78, 5) is 15.0. The molecule has 0 radical (unpaired) electrons. The standard InChI is InChI=1S/C15H11NO3/c1-18-12-4-2-3-10(5-12)14-8-16-7-11-6-13(9-17)19-15(11)14/h2-9H,1H3. The van der Waals surface area contributed by atoms with Crippen molar-refractivity contribution in [2.75, 3.05) is 7.11 Å². The molecular formula is C15H11NO3. The van der Waals surface area contributed by atoms with Crippen LogP contribution in [-0.2, 0) is 0 Å². The molecule has 0 bridgehead atoms. The fourth-order valence-corrected chi connectivity index (χ4v) is 2.04. The van der Waals surface area contributed by atoms with Gasteiger partial charge in [0, 0.05) is 23.3 Å². The van der Waals surface area contributed by atoms with Crippen LogP contribution < -0.4 is 4.74 Å². The molecule has 0 aliphatic rings. The van der Waals surface area contributed by atoms with Crippen molar-refractivity contribution in [2.45, 2.75) is 0 Å². The number of ether oxygens (including phenoxy) is 1. The van der Waals surface area contributed by atoms with Crippen molar-refractivity contribution in [3.05, 3.63) is 48.5 Å². The first kappa shape index (κ1) is 11.5. The zero-order valence-electron chi connectivity index (χ0n) is 10.3. The second-order valence-corrected chi connectivity index (χ2v) is 4.10. The van der Waals surface area contributed by atoms with Crippen LogP contribution in [0, 0.1) is 0 Å². The van der Waals surface area contributed by atoms with E-state index >= 15 is 0 Å². The van der Waals surface area contributed by atoms with Gasteiger partial charge >= 0.3 is 0 Å². The third kappa shape index (κ3) is 1.97. The smallest absolute Gasteiger partial charge is 0.185 e. The first-order chi connectivity index (χ1) is 9.31. The number of fused-ring (bicyclic) bond motifs is 1. The van der Waals surface area contributed by atoms with Crippen LogP contribution in [0.1, 0.15) is 10.6 Å². The minimum atomic E-state index is 0.298. The van der Waals surface area contributed by atoms with Crippen LogP contribution >= 0.6 is 0 Å². The predicted octanol–water partition coefficient (Wildman–Crippen LogP) is 3.32. The molecule has 0 aliphatic carbocycles. The van der Waals surface area contributed by atoms with Gasteiger partial charge in [-0.1, -0.05) is 12.1 Å². The molecule has 0 aliphatic heterocycles. The average molecular weight is 253 g/mol. The van der Waals surface area contributed by atoms with Gasteiger partial charge in [0.2, 0.25) is 0 Å². The molecule has 0 fully saturated rings. The Morgan fingerprint density at radius 1 is 1.26 bits per heavy atom. The number of pyridine rings is 1. The maximum Gasteiger partial charge on any atom is 0.185 e. The first-order valence-electron chi connectivity index (χ1n) is 5.79. The molecule has 0 atom stereocenters. The SMILES string of the molecule is COc1cccc(-c2cncc3cc(C=O)oc23)c1. The van der Waals surface area contributed by atoms with E-state index in [1.165, 1.54) is 0 Å². The highest BCUT2D eigenvalue weighted by Crippen LogP contribution is 2.31. The highest BCUT2D eigenvalue weighted by atomic mass is 16.5. The van der Waals surface area contributed by atoms with Gasteiger partial charge in [0.25, 0.3) is 0 Å². The van der Waals surface area contributed by atoms with Crippen LogP contribution in [-0.4, -0.2) is 18.4 Å². The number of benzene rings is 1. The second kappa shape index (κ2) is 4.57. The molecule has 3 rings (SSSR count). The molecule has 0 amide bonds. The summed E-state index contributed by atoms with van der Waals surface area (Å²) in [6.07, 6.45) is 4.08. The predicted molar refractivity (Wildman–Crippen MR) is 71.4 cm³/mol. The van der Waals surface area contributed by atoms with Crippen LogP contribution in [0.25, 0.3) is 22.1 Å². The number of carbonyl (C=O) groups excluding carboxylic acids is 1. The lowest BCUT2D eigenvalue weighted by Gasteiger charge is -2.04. The number of carbonyl (C=O) groups is 1. The summed E-state index contributed by atoms with van der Waals surface area (Å²) in [5.74, 6) is 1.06. The lowest BCUT2D eigenvalue weighted by Crippen LogP contribution is -1.85. The van der Waals surface area contributed by atoms with Crippen LogP contribution in [0.3, 0.4) is 0 Å². The van der Waals surface area contributed by atoms with E-state index in [2.05, 4.69) is 4.98 Å². The highest BCUT2D eigenvalue weighted by molar-refractivity contribution is 5.94. The first-order valence-corrected chi connectivity index (χ1v) is 5.79. The van der Waals surface area contributed by atoms with Gasteiger partial charge in [0.1, 0.15) is 11.3 Å². The number of aldehydes is 1. The Morgan fingerprint density at radius 2 is 2.16 bits per heavy atom. The van der Waals surface area contributed by atoms with Gasteiger partial charge in [0.15, 0.2) is 12.0 Å². The molecular weight excluding hydrogens is 242 g/mol. The molecule has 19 heavy (non-hydrogen) atoms. The summed E-state index contributed by atoms with van der Waals surface area (Å²) >= 11 is 0. The fraction of sp³-hybridized carbons (Fsp3) is 0.0667. The van der Waals surface area contributed by atoms with Gasteiger partial charge in [0.05, 0.1) is 7.11 Å². The van der Waals surface area contributed by atoms with E-state index in [1.807, 2.05) is 24.3 Å². The zero-order chi connectivity index (χ0) is 13.2. The van der Waals surface area contributed by atoms with Crippen molar-refractivity contribution in [2.24, 2.45) is 0 Å². The Labute approximate surface area is 109 Å². The van der Waals surface area contributed by atoms with E-state index in [0.29, 0.717) is 17.6 Å². The minimum absolute atomic E-state index is 0.298. The Balaban J connectivity index is 2.23. The van der Waals surface area contributed by atoms with Gasteiger partial charge in [-0.05, 0) is 23.8 Å². The quantitative estimate of drug-likeness (QED) is 0.672. The third-order valence-corrected chi connectivity index (χ3v) is 2.94. The molecule has 0 saturated carbocycles. The molecule has 0 spiro atoms. The maximum absolute atomic E-state index is 10.8. The van der Waals surface area contributed by atoms with Crippen LogP contribution in [0.15, 0.2) is 47.1 Å². The number of rotatable bonds is 3. The van der Waals surface area contributed by atoms with E-state index in [1.54, 1.807) is 25.6 Å². The molecule has 4 nitrogen and oxygen atoms in total. The maximum atomic E-state index is 10.8. The Hall–Kier alpha value is -2.62. The Morgan fingerprint density at radius 3 is 2.95 bits per heavy atom. The summed E-state index contributed by atoms with van der Waals surface area (Å²) in [6, 6.07) is 9.30. The van der Waals surface area contributed by atoms with Gasteiger partial charge < -0.3 is 9.15 Å². The van der Waals surface area contributed by atoms with Crippen molar-refractivity contribution in [1.29, 1.82) is 0 Å². The molecule has 0 saturated heterocycles. The van der Waals surface area contributed by atoms with Crippen molar-refractivity contribution in [3.63, 3.8) is 0 Å². The lowest BCUT2D eigenvalue weighted by atomic mass is 10.1. The lowest BCUT2D eigenvalue weighted by molar-refractivity contribution is 0.110. The summed E-state index contributed by atoms with van der Waals surface area (Å²) in [5.41, 5.74) is 2.43. The largest absolute Gasteiger partial charge is 0.497 e. The Kier molecular flexibility index (Phi) is 2.76. The third-order valence-electron chi connectivity index (χ3n) is 2.94. The van der Waals surface area contributed by atoms with Gasteiger partial charge in [-0.2, -0.15) is 0 Å². The topological polar surface area (TPSA) is 52.3 Å². The Bertz CT molecular complexity index is 746. The number of nitrogens with zero attached hydrogens (tertiary/aromatic N) is 1. The summed E-state index contributed by atoms with van der Waals surface area (Å²) < 4.78 is 10.7. The molecule has 1 aromatic carbocycles. The number of aromatic nitrogens is 1. The van der Waals surface area contributed by atoms with Crippen LogP contribution in [0.2, 0.25) is 0 Å². The van der Waals surface area contributed by atoms with Crippen LogP contribution in [0.4, 0.5) is 0 Å². The van der Waals surface area contributed by atoms with Crippen LogP contribution in [0.5, 0.6) is 5.75 Å². The van der Waals surface area contributed by atoms with Crippen molar-refractivity contribution in [1.82, 2.24) is 4.98 Å². The molecule has 94 valence electrons. The summed E-state index contributed by atoms with van der Waals surface area (Å²) in [5, 5.41) is 0.808. The van der Waals surface area contributed by atoms with E-state index < -0.39 is 0 Å². The number of furan rings is 1. The molecule has 3 aromatic rings. The number of hydrogen-bond acceptors (Lipinski definition) is 4. The zero-order valence-corrected chi connectivity index (χ0v) is 10.3. The van der Waals surface area contributed by atoms with E-state index in [-0.39, 0.29) is 0 Å². The molecule has 2 aromatic heterocycles. The van der Waals surface area contributed by atoms with E-state index in [9.17, 15) is 4.79 Å². The normalized spacial score (nSPS) is 10.6. The number of hydrogen-bond donors (Lipinski definition) is 0. The molecule has 4 heteroatoms. The molecule has 2 heterocycles. The van der Waals surface area contributed by atoms with Crippen molar-refractivity contribution >= 4 is 17.3 Å². The minimum Gasteiger partial charge on any atom is -0.497 e. The second-order valence-electron chi connectivity index (χ2n) is 4.10. The van der Waals surface area contributed by atoms with E-state index in [0.717, 1.165) is 22.3 Å². The van der Waals surface area contributed by atoms with Gasteiger partial charge in [-0.15, -0.1) is 0 Å². The molecule has 0 N–H and O–H groups in total. The van der Waals surface area contributed by atoms with E-state index in [4.69, 9.17) is 9.15 Å². The fourth-order valence-electron chi connectivity index (χ4n) is 2.04. The average Bonchev–Trinajstić information content (AvgIpc) is 2.90. The van der Waals surface area contributed by atoms with Gasteiger partial charge in [-0.25, -0.2) is 0 Å². The van der Waals surface area contributed by atoms with Crippen molar-refractivity contribution in [3.8, 4) is 16.9 Å². The van der Waals surface area contributed by atoms with Crippen molar-refractivity contribution < 1.29 is 13.9 Å². The summed E-state index contributed by atoms with van der Waals surface area (Å²) in [7, 11) is 1.62. The molecule has 0 unspecified atom stereocenters. The number of methoxy groups -OCH3 is 1.